The van der Waals surface area contributed by atoms with Crippen molar-refractivity contribution in [3.05, 3.63) is 12.7 Å². The summed E-state index contributed by atoms with van der Waals surface area (Å²) in [5, 5.41) is 2.32. The first-order chi connectivity index (χ1) is 6.80. The molecule has 1 N–H and O–H groups in total. The Labute approximate surface area is 89.4 Å². The van der Waals surface area contributed by atoms with Crippen molar-refractivity contribution in [2.75, 3.05) is 7.11 Å². The maximum atomic E-state index is 11.3. The highest BCUT2D eigenvalue weighted by Crippen LogP contribution is 2.06. The highest BCUT2D eigenvalue weighted by atomic mass is 16.6. The number of hydrogen-bond acceptors (Lipinski definition) is 4. The van der Waals surface area contributed by atoms with Crippen molar-refractivity contribution in [2.24, 2.45) is 0 Å². The van der Waals surface area contributed by atoms with Crippen LogP contribution in [0, 0.1) is 0 Å². The van der Waals surface area contributed by atoms with E-state index < -0.39 is 23.7 Å². The van der Waals surface area contributed by atoms with E-state index in [1.165, 1.54) is 13.2 Å². The monoisotopic (exact) mass is 215 g/mol. The quantitative estimate of drug-likeness (QED) is 0.568. The minimum Gasteiger partial charge on any atom is -0.467 e. The highest BCUT2D eigenvalue weighted by molar-refractivity contribution is 5.83. The number of ether oxygens (including phenoxy) is 2. The number of amides is 1. The molecule has 0 bridgehead atoms. The van der Waals surface area contributed by atoms with E-state index in [1.807, 2.05) is 0 Å². The Bertz CT molecular complexity index is 255. The van der Waals surface area contributed by atoms with Gasteiger partial charge in [-0.3, -0.25) is 0 Å². The van der Waals surface area contributed by atoms with Gasteiger partial charge in [0.05, 0.1) is 7.11 Å². The molecule has 0 aliphatic carbocycles. The van der Waals surface area contributed by atoms with Gasteiger partial charge in [-0.15, -0.1) is 6.58 Å². The molecule has 0 aliphatic heterocycles. The Morgan fingerprint density at radius 1 is 1.40 bits per heavy atom. The Morgan fingerprint density at radius 3 is 2.27 bits per heavy atom. The molecule has 0 radical (unpaired) electrons. The molecule has 5 nitrogen and oxygen atoms in total. The second-order valence-electron chi connectivity index (χ2n) is 3.88. The van der Waals surface area contributed by atoms with Gasteiger partial charge in [0.2, 0.25) is 0 Å². The lowest BCUT2D eigenvalue weighted by molar-refractivity contribution is -0.141. The Balaban J connectivity index is 4.26. The molecule has 0 aromatic carbocycles. The zero-order chi connectivity index (χ0) is 12.1. The zero-order valence-electron chi connectivity index (χ0n) is 9.49. The van der Waals surface area contributed by atoms with Gasteiger partial charge in [-0.2, -0.15) is 0 Å². The predicted octanol–water partition coefficient (Wildman–Crippen LogP) is 1.24. The molecular formula is C10H17NO4. The predicted molar refractivity (Wildman–Crippen MR) is 55.4 cm³/mol. The fraction of sp³-hybridized carbons (Fsp3) is 0.600. The Morgan fingerprint density at radius 2 is 1.93 bits per heavy atom. The molecule has 1 atom stereocenters. The topological polar surface area (TPSA) is 64.6 Å². The van der Waals surface area contributed by atoms with Crippen LogP contribution in [0.2, 0.25) is 0 Å². The number of hydrogen-bond donors (Lipinski definition) is 1. The summed E-state index contributed by atoms with van der Waals surface area (Å²) >= 11 is 0. The number of carbonyl (C=O) groups is 2. The maximum Gasteiger partial charge on any atom is 0.408 e. The van der Waals surface area contributed by atoms with Gasteiger partial charge in [0.25, 0.3) is 0 Å². The molecule has 1 amide bonds. The van der Waals surface area contributed by atoms with Gasteiger partial charge in [-0.25, -0.2) is 9.59 Å². The van der Waals surface area contributed by atoms with Gasteiger partial charge in [-0.1, -0.05) is 6.08 Å². The first-order valence-electron chi connectivity index (χ1n) is 4.50. The lowest BCUT2D eigenvalue weighted by Crippen LogP contribution is -2.42. The van der Waals surface area contributed by atoms with E-state index in [0.29, 0.717) is 0 Å². The van der Waals surface area contributed by atoms with Crippen LogP contribution in [0.3, 0.4) is 0 Å². The van der Waals surface area contributed by atoms with Crippen LogP contribution in [0.5, 0.6) is 0 Å². The van der Waals surface area contributed by atoms with Crippen LogP contribution in [-0.4, -0.2) is 30.8 Å². The zero-order valence-corrected chi connectivity index (χ0v) is 9.49. The van der Waals surface area contributed by atoms with Crippen LogP contribution in [-0.2, 0) is 14.3 Å². The van der Waals surface area contributed by atoms with Crippen LogP contribution in [0.15, 0.2) is 12.7 Å². The number of carbonyl (C=O) groups excluding carboxylic acids is 2. The Hall–Kier alpha value is -1.52. The summed E-state index contributed by atoms with van der Waals surface area (Å²) in [6, 6.07) is -0.884. The summed E-state index contributed by atoms with van der Waals surface area (Å²) in [5.41, 5.74) is -0.605. The molecule has 0 heterocycles. The van der Waals surface area contributed by atoms with Crippen molar-refractivity contribution in [1.29, 1.82) is 0 Å². The van der Waals surface area contributed by atoms with Crippen LogP contribution < -0.4 is 5.32 Å². The third-order valence-electron chi connectivity index (χ3n) is 1.36. The van der Waals surface area contributed by atoms with E-state index >= 15 is 0 Å². The van der Waals surface area contributed by atoms with Crippen molar-refractivity contribution < 1.29 is 19.1 Å². The molecule has 0 saturated carbocycles. The lowest BCUT2D eigenvalue weighted by Gasteiger charge is -2.21. The summed E-state index contributed by atoms with van der Waals surface area (Å²) in [7, 11) is 1.23. The SMILES string of the molecule is C=C[C@H](NC(=O)OC(C)(C)C)C(=O)OC. The molecule has 0 unspecified atom stereocenters. The largest absolute Gasteiger partial charge is 0.467 e. The van der Waals surface area contributed by atoms with Crippen molar-refractivity contribution in [3.8, 4) is 0 Å². The van der Waals surface area contributed by atoms with Crippen LogP contribution in [0.25, 0.3) is 0 Å². The third-order valence-corrected chi connectivity index (χ3v) is 1.36. The lowest BCUT2D eigenvalue weighted by atomic mass is 10.2. The number of methoxy groups -OCH3 is 1. The van der Waals surface area contributed by atoms with Gasteiger partial charge >= 0.3 is 12.1 Å². The summed E-state index contributed by atoms with van der Waals surface area (Å²) in [6.45, 7) is 8.60. The standard InChI is InChI=1S/C10H17NO4/c1-6-7(8(12)14-5)11-9(13)15-10(2,3)4/h6-7H,1H2,2-5H3,(H,11,13)/t7-/m0/s1. The molecule has 0 fully saturated rings. The molecule has 0 aromatic heterocycles. The average Bonchev–Trinajstić information content (AvgIpc) is 2.10. The number of rotatable bonds is 3. The van der Waals surface area contributed by atoms with Gasteiger partial charge in [0, 0.05) is 0 Å². The van der Waals surface area contributed by atoms with Crippen LogP contribution in [0.4, 0.5) is 4.79 Å². The highest BCUT2D eigenvalue weighted by Gasteiger charge is 2.22. The van der Waals surface area contributed by atoms with E-state index in [1.54, 1.807) is 20.8 Å². The Kier molecular flexibility index (Phi) is 4.84. The van der Waals surface area contributed by atoms with Crippen molar-refractivity contribution in [2.45, 2.75) is 32.4 Å². The number of alkyl carbamates (subject to hydrolysis) is 1. The molecular weight excluding hydrogens is 198 g/mol. The molecule has 0 saturated heterocycles. The van der Waals surface area contributed by atoms with E-state index in [9.17, 15) is 9.59 Å². The first kappa shape index (κ1) is 13.5. The average molecular weight is 215 g/mol. The molecule has 86 valence electrons. The first-order valence-corrected chi connectivity index (χ1v) is 4.50. The van der Waals surface area contributed by atoms with Crippen molar-refractivity contribution >= 4 is 12.1 Å². The van der Waals surface area contributed by atoms with Gasteiger partial charge in [-0.05, 0) is 20.8 Å². The molecule has 0 spiro atoms. The fourth-order valence-corrected chi connectivity index (χ4v) is 0.776. The van der Waals surface area contributed by atoms with Crippen LogP contribution >= 0.6 is 0 Å². The molecule has 5 heteroatoms. The smallest absolute Gasteiger partial charge is 0.408 e. The normalized spacial score (nSPS) is 12.5. The summed E-state index contributed by atoms with van der Waals surface area (Å²) in [4.78, 5) is 22.3. The fourth-order valence-electron chi connectivity index (χ4n) is 0.776. The minimum atomic E-state index is -0.884. The van der Waals surface area contributed by atoms with E-state index in [4.69, 9.17) is 4.74 Å². The number of nitrogens with one attached hydrogen (secondary N) is 1. The van der Waals surface area contributed by atoms with Gasteiger partial charge < -0.3 is 14.8 Å². The number of esters is 1. The van der Waals surface area contributed by atoms with E-state index in [-0.39, 0.29) is 0 Å². The van der Waals surface area contributed by atoms with Crippen molar-refractivity contribution in [1.82, 2.24) is 5.32 Å². The summed E-state index contributed by atoms with van der Waals surface area (Å²) in [6.07, 6.45) is 0.591. The molecule has 0 aromatic rings. The summed E-state index contributed by atoms with van der Waals surface area (Å²) < 4.78 is 9.41. The maximum absolute atomic E-state index is 11.3. The van der Waals surface area contributed by atoms with E-state index in [2.05, 4.69) is 16.6 Å². The molecule has 15 heavy (non-hydrogen) atoms. The minimum absolute atomic E-state index is 0.587. The second kappa shape index (κ2) is 5.38. The van der Waals surface area contributed by atoms with Gasteiger partial charge in [0.1, 0.15) is 11.6 Å². The molecule has 0 aliphatic rings. The summed E-state index contributed by atoms with van der Waals surface area (Å²) in [5.74, 6) is -0.587. The second-order valence-corrected chi connectivity index (χ2v) is 3.88. The van der Waals surface area contributed by atoms with E-state index in [0.717, 1.165) is 0 Å². The molecule has 0 rings (SSSR count). The van der Waals surface area contributed by atoms with Gasteiger partial charge in [0.15, 0.2) is 0 Å². The third kappa shape index (κ3) is 5.72. The van der Waals surface area contributed by atoms with Crippen LogP contribution in [0.1, 0.15) is 20.8 Å². The van der Waals surface area contributed by atoms with Crippen molar-refractivity contribution in [3.63, 3.8) is 0 Å².